The summed E-state index contributed by atoms with van der Waals surface area (Å²) in [6, 6.07) is 22.6. The number of nitrogens with zero attached hydrogens (tertiary/aromatic N) is 4. The van der Waals surface area contributed by atoms with Gasteiger partial charge < -0.3 is 0 Å². The van der Waals surface area contributed by atoms with Crippen molar-refractivity contribution < 1.29 is 4.39 Å². The predicted molar refractivity (Wildman–Crippen MR) is 101 cm³/mol. The van der Waals surface area contributed by atoms with E-state index in [1.807, 2.05) is 42.5 Å². The molecule has 128 valence electrons. The first-order chi connectivity index (χ1) is 12.7. The third-order valence-electron chi connectivity index (χ3n) is 4.19. The lowest BCUT2D eigenvalue weighted by Crippen LogP contribution is -2.17. The maximum Gasteiger partial charge on any atom is 0.162 e. The molecule has 0 radical (unpaired) electrons. The Labute approximate surface area is 158 Å². The molecule has 0 spiro atoms. The van der Waals surface area contributed by atoms with Gasteiger partial charge in [0.05, 0.1) is 0 Å². The van der Waals surface area contributed by atoms with Crippen molar-refractivity contribution in [3.8, 4) is 11.1 Å². The summed E-state index contributed by atoms with van der Waals surface area (Å²) in [5.74, 6) is -0.325. The quantitative estimate of drug-likeness (QED) is 0.483. The average molecular weight is 409 g/mol. The minimum Gasteiger partial charge on any atom is -0.207 e. The van der Waals surface area contributed by atoms with E-state index in [1.165, 1.54) is 17.2 Å². The molecule has 0 saturated heterocycles. The number of rotatable bonds is 4. The lowest BCUT2D eigenvalue weighted by molar-refractivity contribution is 0.481. The molecule has 0 aliphatic heterocycles. The van der Waals surface area contributed by atoms with Gasteiger partial charge in [0.25, 0.3) is 0 Å². The van der Waals surface area contributed by atoms with Crippen LogP contribution in [0.3, 0.4) is 0 Å². The molecule has 1 atom stereocenters. The zero-order chi connectivity index (χ0) is 17.9. The summed E-state index contributed by atoms with van der Waals surface area (Å²) in [6.45, 7) is 0. The van der Waals surface area contributed by atoms with Crippen LogP contribution in [0.4, 0.5) is 4.39 Å². The Morgan fingerprint density at radius 3 is 2.27 bits per heavy atom. The van der Waals surface area contributed by atoms with Crippen molar-refractivity contribution in [3.63, 3.8) is 0 Å². The van der Waals surface area contributed by atoms with Gasteiger partial charge in [0.2, 0.25) is 0 Å². The van der Waals surface area contributed by atoms with Crippen LogP contribution in [0.5, 0.6) is 0 Å². The van der Waals surface area contributed by atoms with Gasteiger partial charge in [-0.3, -0.25) is 0 Å². The van der Waals surface area contributed by atoms with Crippen molar-refractivity contribution in [2.45, 2.75) is 6.04 Å². The first-order valence-electron chi connectivity index (χ1n) is 8.05. The van der Waals surface area contributed by atoms with E-state index in [9.17, 15) is 4.39 Å². The molecule has 0 N–H and O–H groups in total. The summed E-state index contributed by atoms with van der Waals surface area (Å²) in [7, 11) is 0. The highest BCUT2D eigenvalue weighted by atomic mass is 79.9. The number of halogens is 2. The van der Waals surface area contributed by atoms with Gasteiger partial charge in [-0.1, -0.05) is 76.6 Å². The third kappa shape index (κ3) is 3.28. The first-order valence-corrected chi connectivity index (χ1v) is 8.84. The lowest BCUT2D eigenvalue weighted by atomic mass is 9.96. The normalized spacial score (nSPS) is 12.1. The van der Waals surface area contributed by atoms with E-state index < -0.39 is 6.04 Å². The van der Waals surface area contributed by atoms with Crippen molar-refractivity contribution in [2.75, 3.05) is 0 Å². The van der Waals surface area contributed by atoms with Gasteiger partial charge in [0.15, 0.2) is 6.33 Å². The fraction of sp³-hybridized carbons (Fsp3) is 0.0500. The molecule has 26 heavy (non-hydrogen) atoms. The second kappa shape index (κ2) is 7.17. The summed E-state index contributed by atoms with van der Waals surface area (Å²) in [4.78, 5) is 1.42. The van der Waals surface area contributed by atoms with Crippen molar-refractivity contribution in [2.24, 2.45) is 0 Å². The van der Waals surface area contributed by atoms with E-state index in [-0.39, 0.29) is 5.82 Å². The molecule has 6 heteroatoms. The summed E-state index contributed by atoms with van der Waals surface area (Å²) in [5, 5.41) is 11.9. The Bertz CT molecular complexity index is 1000. The minimum atomic E-state index is -0.490. The number of hydrogen-bond acceptors (Lipinski definition) is 3. The van der Waals surface area contributed by atoms with Gasteiger partial charge in [-0.15, -0.1) is 10.2 Å². The summed E-state index contributed by atoms with van der Waals surface area (Å²) < 4.78 is 15.3. The number of tetrazole rings is 1. The number of hydrogen-bond donors (Lipinski definition) is 0. The molecular weight excluding hydrogens is 395 g/mol. The Morgan fingerprint density at radius 1 is 0.885 bits per heavy atom. The summed E-state index contributed by atoms with van der Waals surface area (Å²) in [6.07, 6.45) is 1.35. The Kier molecular flexibility index (Phi) is 4.58. The smallest absolute Gasteiger partial charge is 0.162 e. The van der Waals surface area contributed by atoms with Crippen LogP contribution in [0.25, 0.3) is 11.1 Å². The van der Waals surface area contributed by atoms with E-state index in [2.05, 4.69) is 43.5 Å². The molecule has 4 nitrogen and oxygen atoms in total. The van der Waals surface area contributed by atoms with Gasteiger partial charge >= 0.3 is 0 Å². The number of benzene rings is 3. The second-order valence-electron chi connectivity index (χ2n) is 5.81. The zero-order valence-electron chi connectivity index (χ0n) is 13.6. The molecule has 0 amide bonds. The molecule has 4 aromatic rings. The SMILES string of the molecule is Fc1cc(Br)ccc1C(c1ccc(-c2ccccc2)cc1)n1ncnn1. The summed E-state index contributed by atoms with van der Waals surface area (Å²) >= 11 is 3.30. The van der Waals surface area contributed by atoms with Crippen LogP contribution in [-0.4, -0.2) is 20.2 Å². The van der Waals surface area contributed by atoms with E-state index in [1.54, 1.807) is 12.1 Å². The Morgan fingerprint density at radius 2 is 1.62 bits per heavy atom. The van der Waals surface area contributed by atoms with Crippen LogP contribution in [0.1, 0.15) is 17.2 Å². The van der Waals surface area contributed by atoms with Crippen LogP contribution < -0.4 is 0 Å². The molecule has 0 aliphatic rings. The van der Waals surface area contributed by atoms with Crippen LogP contribution in [-0.2, 0) is 0 Å². The largest absolute Gasteiger partial charge is 0.207 e. The van der Waals surface area contributed by atoms with Gasteiger partial charge in [-0.25, -0.2) is 4.39 Å². The molecule has 0 fully saturated rings. The van der Waals surface area contributed by atoms with Crippen LogP contribution in [0.2, 0.25) is 0 Å². The third-order valence-corrected chi connectivity index (χ3v) is 4.68. The summed E-state index contributed by atoms with van der Waals surface area (Å²) in [5.41, 5.74) is 3.59. The molecule has 0 saturated carbocycles. The van der Waals surface area contributed by atoms with Crippen molar-refractivity contribution in [3.05, 3.63) is 101 Å². The number of aromatic nitrogens is 4. The Balaban J connectivity index is 1.78. The molecule has 1 heterocycles. The molecule has 4 rings (SSSR count). The predicted octanol–water partition coefficient (Wildman–Crippen LogP) is 4.88. The fourth-order valence-corrected chi connectivity index (χ4v) is 3.28. The van der Waals surface area contributed by atoms with Crippen LogP contribution in [0.15, 0.2) is 83.6 Å². The van der Waals surface area contributed by atoms with E-state index in [0.29, 0.717) is 10.0 Å². The molecular formula is C20H14BrFN4. The molecule has 1 aromatic heterocycles. The first kappa shape index (κ1) is 16.6. The standard InChI is InChI=1S/C20H14BrFN4/c21-17-10-11-18(19(22)12-17)20(26-24-13-23-25-26)16-8-6-15(7-9-16)14-4-2-1-3-5-14/h1-13,20H. The lowest BCUT2D eigenvalue weighted by Gasteiger charge is -2.18. The van der Waals surface area contributed by atoms with E-state index in [0.717, 1.165) is 16.7 Å². The van der Waals surface area contributed by atoms with Gasteiger partial charge in [0, 0.05) is 10.0 Å². The maximum absolute atomic E-state index is 14.6. The van der Waals surface area contributed by atoms with Crippen molar-refractivity contribution in [1.82, 2.24) is 20.2 Å². The monoisotopic (exact) mass is 408 g/mol. The van der Waals surface area contributed by atoms with Gasteiger partial charge in [0.1, 0.15) is 11.9 Å². The van der Waals surface area contributed by atoms with Crippen molar-refractivity contribution in [1.29, 1.82) is 0 Å². The zero-order valence-corrected chi connectivity index (χ0v) is 15.2. The maximum atomic E-state index is 14.6. The highest BCUT2D eigenvalue weighted by molar-refractivity contribution is 9.10. The van der Waals surface area contributed by atoms with E-state index >= 15 is 0 Å². The van der Waals surface area contributed by atoms with Gasteiger partial charge in [-0.2, -0.15) is 4.80 Å². The Hall–Kier alpha value is -2.86. The molecule has 0 aliphatic carbocycles. The fourth-order valence-electron chi connectivity index (χ4n) is 2.94. The average Bonchev–Trinajstić information content (AvgIpc) is 3.19. The second-order valence-corrected chi connectivity index (χ2v) is 6.73. The van der Waals surface area contributed by atoms with Crippen LogP contribution >= 0.6 is 15.9 Å². The highest BCUT2D eigenvalue weighted by Crippen LogP contribution is 2.30. The van der Waals surface area contributed by atoms with Crippen molar-refractivity contribution >= 4 is 15.9 Å². The molecule has 1 unspecified atom stereocenters. The van der Waals surface area contributed by atoms with Crippen LogP contribution in [0, 0.1) is 5.82 Å². The van der Waals surface area contributed by atoms with E-state index in [4.69, 9.17) is 0 Å². The highest BCUT2D eigenvalue weighted by Gasteiger charge is 2.22. The topological polar surface area (TPSA) is 43.6 Å². The minimum absolute atomic E-state index is 0.325. The van der Waals surface area contributed by atoms with Gasteiger partial charge in [-0.05, 0) is 34.0 Å². The molecule has 0 bridgehead atoms. The molecule has 3 aromatic carbocycles.